The van der Waals surface area contributed by atoms with E-state index in [2.05, 4.69) is 111 Å². The van der Waals surface area contributed by atoms with Crippen LogP contribution in [0.15, 0.2) is 0 Å². The SMILES string of the molecule is CCC1CC(C(CC(=O)OC2(CC)CCCC2)OC(C)=O)C(CC)O1.CCC1CC(C(CC(=O)OC2(CC)CCCC2)OC2CCCCO2)C(CC)O1.CCC1CC(C)(C(=O)OC2(CC)CCCC2)C(CC)O1.CCC1OC(CC)C(C(=O)OC2(CC)CCCC2)C1C.CCC1OC(CC)C(C(=O)OC2(CC)CCCC2)C1C(=O)OC.CCC1OC(CC)C(C(=O)OC2(CC)CCCC2)C1C(=O)OC1(CC)CCCC1. The maximum Gasteiger partial charge on any atom is 0.315 e. The molecule has 7 saturated carbocycles. The van der Waals surface area contributed by atoms with Crippen molar-refractivity contribution in [1.29, 1.82) is 0 Å². The van der Waals surface area contributed by atoms with Crippen molar-refractivity contribution in [3.8, 4) is 0 Å². The van der Waals surface area contributed by atoms with E-state index in [0.717, 1.165) is 296 Å². The van der Waals surface area contributed by atoms with Crippen LogP contribution >= 0.6 is 0 Å². The van der Waals surface area contributed by atoms with Gasteiger partial charge < -0.3 is 80.5 Å². The third-order valence-corrected chi connectivity index (χ3v) is 37.3. The van der Waals surface area contributed by atoms with E-state index in [0.29, 0.717) is 32.1 Å². The minimum Gasteiger partial charge on any atom is -0.469 e. The van der Waals surface area contributed by atoms with Crippen LogP contribution < -0.4 is 0 Å². The molecule has 0 aromatic heterocycles. The van der Waals surface area contributed by atoms with Crippen LogP contribution in [-0.4, -0.2) is 198 Å². The first-order valence-electron chi connectivity index (χ1n) is 59.5. The van der Waals surface area contributed by atoms with E-state index in [9.17, 15) is 43.2 Å². The average Bonchev–Trinajstić information content (AvgIpc) is 1.61. The van der Waals surface area contributed by atoms with Gasteiger partial charge in [-0.2, -0.15) is 0 Å². The van der Waals surface area contributed by atoms with E-state index in [-0.39, 0.29) is 209 Å². The van der Waals surface area contributed by atoms with Crippen LogP contribution in [0.5, 0.6) is 0 Å². The van der Waals surface area contributed by atoms with Crippen molar-refractivity contribution in [2.45, 2.75) is 636 Å². The lowest BCUT2D eigenvalue weighted by atomic mass is 9.80. The summed E-state index contributed by atoms with van der Waals surface area (Å²) < 4.78 is 101. The Kier molecular flexibility index (Phi) is 50.1. The lowest BCUT2D eigenvalue weighted by Crippen LogP contribution is -2.43. The fourth-order valence-corrected chi connectivity index (χ4v) is 27.5. The molecule has 0 aromatic rings. The zero-order valence-corrected chi connectivity index (χ0v) is 95.0. The van der Waals surface area contributed by atoms with E-state index in [1.54, 1.807) is 0 Å². The second-order valence-corrected chi connectivity index (χ2v) is 46.1. The van der Waals surface area contributed by atoms with Crippen LogP contribution in [0, 0.1) is 52.8 Å². The molecule has 14 aliphatic rings. The first-order valence-corrected chi connectivity index (χ1v) is 59.5. The summed E-state index contributed by atoms with van der Waals surface area (Å²) in [5, 5.41) is 0. The maximum absolute atomic E-state index is 13.4. The summed E-state index contributed by atoms with van der Waals surface area (Å²) in [6.07, 6.45) is 51.0. The van der Waals surface area contributed by atoms with E-state index >= 15 is 0 Å². The van der Waals surface area contributed by atoms with Crippen LogP contribution in [-0.2, 0) is 124 Å². The summed E-state index contributed by atoms with van der Waals surface area (Å²) >= 11 is 0. The average molecular weight is 2050 g/mol. The monoisotopic (exact) mass is 2050 g/mol. The Hall–Kier alpha value is -5.09. The highest BCUT2D eigenvalue weighted by Crippen LogP contribution is 2.52. The molecule has 24 unspecified atom stereocenters. The van der Waals surface area contributed by atoms with Gasteiger partial charge in [0.2, 0.25) is 0 Å². The topological polar surface area (TPSA) is 311 Å². The Morgan fingerprint density at radius 3 is 0.903 bits per heavy atom. The third-order valence-electron chi connectivity index (χ3n) is 37.3. The molecular weight excluding hydrogens is 1850 g/mol. The number of ether oxygens (including phenoxy) is 17. The van der Waals surface area contributed by atoms with Crippen molar-refractivity contribution in [2.75, 3.05) is 13.7 Å². The van der Waals surface area contributed by atoms with Crippen LogP contribution in [0.4, 0.5) is 0 Å². The lowest BCUT2D eigenvalue weighted by molar-refractivity contribution is -0.208. The van der Waals surface area contributed by atoms with Crippen LogP contribution in [0.1, 0.15) is 505 Å². The van der Waals surface area contributed by atoms with Gasteiger partial charge in [-0.15, -0.1) is 0 Å². The smallest absolute Gasteiger partial charge is 0.315 e. The molecule has 0 radical (unpaired) electrons. The molecule has 836 valence electrons. The quantitative estimate of drug-likeness (QED) is 0.0405. The predicted molar refractivity (Wildman–Crippen MR) is 559 cm³/mol. The van der Waals surface area contributed by atoms with Crippen molar-refractivity contribution >= 4 is 53.7 Å². The van der Waals surface area contributed by atoms with Crippen molar-refractivity contribution < 1.29 is 124 Å². The number of carbonyl (C=O) groups excluding carboxylic acids is 9. The van der Waals surface area contributed by atoms with Gasteiger partial charge >= 0.3 is 53.7 Å². The number of carbonyl (C=O) groups is 9. The van der Waals surface area contributed by atoms with Gasteiger partial charge in [-0.25, -0.2) is 0 Å². The standard InChI is InChI=1S/C24H40O5.C23H40O5.C20H34O5.C18H30O5.2C17H30O3/c1-5-17-19(21(25)28-23(7-3)13-9-10-14-23)20(18(6-2)27-17)22(26)29-24(8-4)15-11-12-16-24;1-4-17-15-18(19(5-2)26-17)20(27-22-11-7-10-14-25-22)16-21(24)28-23(6-3)12-8-9-13-23;1-5-15-12-16(17(6-2)24-15)18(23-14(4)21)13-19(22)25-20(7-3)10-8-9-11-20;1-5-12-14(16(19)21-4)15(13(6-2)22-12)17(20)23-18(7-3)10-8-9-11-18;1-5-13-12-16(4,14(6-2)19-13)15(18)20-17(7-3)10-8-9-11-17;1-5-13-12(4)15(14(6-2)19-13)16(18)20-17(7-3)10-8-9-11-17/h17-20H,5-16H2,1-4H3;17-20,22H,4-16H2,1-3H3;15-18H,5-13H2,1-4H3;12-15H,5-11H2,1-4H3;13-14H,5-12H2,1-4H3;12-15H,5-11H2,1-4H3. The minimum atomic E-state index is -0.559. The molecule has 7 heterocycles. The number of methoxy groups -OCH3 is 1. The molecule has 0 amide bonds. The van der Waals surface area contributed by atoms with Crippen LogP contribution in [0.3, 0.4) is 0 Å². The maximum atomic E-state index is 13.4. The van der Waals surface area contributed by atoms with Gasteiger partial charge in [-0.05, 0) is 353 Å². The molecule has 14 fully saturated rings. The summed E-state index contributed by atoms with van der Waals surface area (Å²) in [5.41, 5.74) is -2.44. The van der Waals surface area contributed by atoms with Crippen molar-refractivity contribution in [3.05, 3.63) is 0 Å². The summed E-state index contributed by atoms with van der Waals surface area (Å²) in [6, 6.07) is 0. The van der Waals surface area contributed by atoms with Gasteiger partial charge in [-0.1, -0.05) is 138 Å². The van der Waals surface area contributed by atoms with Gasteiger partial charge in [0.05, 0.1) is 134 Å². The first-order chi connectivity index (χ1) is 69.5. The highest BCUT2D eigenvalue weighted by atomic mass is 16.7. The van der Waals surface area contributed by atoms with Gasteiger partial charge in [0, 0.05) is 25.4 Å². The molecule has 0 spiro atoms. The highest BCUT2D eigenvalue weighted by molar-refractivity contribution is 5.85. The van der Waals surface area contributed by atoms with Crippen molar-refractivity contribution in [3.63, 3.8) is 0 Å². The fourth-order valence-electron chi connectivity index (χ4n) is 27.5. The van der Waals surface area contributed by atoms with Crippen molar-refractivity contribution in [1.82, 2.24) is 0 Å². The Balaban J connectivity index is 0.000000195. The molecule has 26 nitrogen and oxygen atoms in total. The highest BCUT2D eigenvalue weighted by Gasteiger charge is 2.59. The molecule has 7 saturated heterocycles. The predicted octanol–water partition coefficient (Wildman–Crippen LogP) is 26.2. The fraction of sp³-hybridized carbons (Fsp3) is 0.924. The molecule has 26 heteroatoms. The normalized spacial score (nSPS) is 33.3. The zero-order chi connectivity index (χ0) is 106. The van der Waals surface area contributed by atoms with Gasteiger partial charge in [-0.3, -0.25) is 43.2 Å². The number of esters is 9. The van der Waals surface area contributed by atoms with Crippen LogP contribution in [0.25, 0.3) is 0 Å². The molecule has 14 rings (SSSR count). The molecule has 0 aromatic carbocycles. The Morgan fingerprint density at radius 2 is 0.607 bits per heavy atom. The van der Waals surface area contributed by atoms with E-state index in [4.69, 9.17) is 80.5 Å². The molecule has 145 heavy (non-hydrogen) atoms. The van der Waals surface area contributed by atoms with Gasteiger partial charge in [0.1, 0.15) is 45.3 Å². The molecule has 7 aliphatic heterocycles. The lowest BCUT2D eigenvalue weighted by Gasteiger charge is -2.34. The molecule has 0 N–H and O–H groups in total. The van der Waals surface area contributed by atoms with Gasteiger partial charge in [0.25, 0.3) is 0 Å². The molecule has 0 bridgehead atoms. The van der Waals surface area contributed by atoms with Crippen molar-refractivity contribution in [2.24, 2.45) is 52.8 Å². The largest absolute Gasteiger partial charge is 0.469 e. The number of rotatable bonds is 41. The number of hydrogen-bond acceptors (Lipinski definition) is 26. The Bertz CT molecular complexity index is 3820. The minimum absolute atomic E-state index is 0.00950. The van der Waals surface area contributed by atoms with E-state index in [1.165, 1.54) is 39.7 Å². The molecule has 24 atom stereocenters. The van der Waals surface area contributed by atoms with Gasteiger partial charge in [0.15, 0.2) is 6.29 Å². The molecule has 7 aliphatic carbocycles. The zero-order valence-electron chi connectivity index (χ0n) is 95.0. The Morgan fingerprint density at radius 1 is 0.310 bits per heavy atom. The van der Waals surface area contributed by atoms with E-state index < -0.39 is 35.2 Å². The summed E-state index contributed by atoms with van der Waals surface area (Å²) in [6.45, 7) is 46.0. The van der Waals surface area contributed by atoms with E-state index in [1.807, 2.05) is 34.6 Å². The summed E-state index contributed by atoms with van der Waals surface area (Å²) in [4.78, 5) is 115. The number of hydrogen-bond donors (Lipinski definition) is 0. The summed E-state index contributed by atoms with van der Waals surface area (Å²) in [7, 11) is 1.36. The Labute approximate surface area is 875 Å². The first kappa shape index (κ1) is 123. The second kappa shape index (κ2) is 58.8. The third kappa shape index (κ3) is 32.1. The summed E-state index contributed by atoms with van der Waals surface area (Å²) in [5.74, 6) is -3.64. The second-order valence-electron chi connectivity index (χ2n) is 46.1. The van der Waals surface area contributed by atoms with Crippen LogP contribution in [0.2, 0.25) is 0 Å². The molecular formula is C119H204O26.